The zero-order valence-electron chi connectivity index (χ0n) is 13.3. The average molecular weight is 315 g/mol. The summed E-state index contributed by atoms with van der Waals surface area (Å²) in [7, 11) is -3.45. The zero-order valence-corrected chi connectivity index (χ0v) is 14.1. The lowest BCUT2D eigenvalue weighted by Gasteiger charge is -2.29. The summed E-state index contributed by atoms with van der Waals surface area (Å²) in [5, 5.41) is 0. The normalized spacial score (nSPS) is 15.6. The van der Waals surface area contributed by atoms with Crippen molar-refractivity contribution in [2.45, 2.75) is 38.6 Å². The maximum Gasteiger partial charge on any atom is 0.243 e. The standard InChI is InChI=1S/C18H21NO2S/c1-13-10-14(2)18(15(3)11-13)22(20,21)19-9-8-16-6-4-5-7-17(16)12-19/h4-7,10-11H,8-9,12H2,1-3H3. The van der Waals surface area contributed by atoms with E-state index in [4.69, 9.17) is 0 Å². The summed E-state index contributed by atoms with van der Waals surface area (Å²) in [5.41, 5.74) is 5.12. The van der Waals surface area contributed by atoms with Crippen molar-refractivity contribution in [2.75, 3.05) is 6.54 Å². The van der Waals surface area contributed by atoms with Crippen LogP contribution in [-0.4, -0.2) is 19.3 Å². The zero-order chi connectivity index (χ0) is 15.9. The first kappa shape index (κ1) is 15.3. The van der Waals surface area contributed by atoms with E-state index in [9.17, 15) is 8.42 Å². The van der Waals surface area contributed by atoms with Gasteiger partial charge in [0, 0.05) is 13.1 Å². The number of hydrogen-bond donors (Lipinski definition) is 0. The molecule has 116 valence electrons. The molecule has 0 spiro atoms. The molecule has 0 amide bonds. The highest BCUT2D eigenvalue weighted by atomic mass is 32.2. The van der Waals surface area contributed by atoms with Crippen molar-refractivity contribution in [3.8, 4) is 0 Å². The maximum absolute atomic E-state index is 13.1. The first-order chi connectivity index (χ1) is 10.4. The molecule has 1 aliphatic rings. The van der Waals surface area contributed by atoms with E-state index in [1.165, 1.54) is 5.56 Å². The molecule has 1 aliphatic heterocycles. The van der Waals surface area contributed by atoms with E-state index in [1.807, 2.05) is 51.1 Å². The summed E-state index contributed by atoms with van der Waals surface area (Å²) in [6.45, 7) is 6.76. The Kier molecular flexibility index (Phi) is 3.83. The maximum atomic E-state index is 13.1. The molecule has 0 saturated heterocycles. The molecule has 22 heavy (non-hydrogen) atoms. The van der Waals surface area contributed by atoms with Crippen LogP contribution in [0.5, 0.6) is 0 Å². The van der Waals surface area contributed by atoms with Gasteiger partial charge in [-0.05, 0) is 49.4 Å². The second-order valence-electron chi connectivity index (χ2n) is 6.09. The predicted octanol–water partition coefficient (Wildman–Crippen LogP) is 3.36. The minimum Gasteiger partial charge on any atom is -0.207 e. The summed E-state index contributed by atoms with van der Waals surface area (Å²) >= 11 is 0. The molecule has 2 aromatic rings. The smallest absolute Gasteiger partial charge is 0.207 e. The highest BCUT2D eigenvalue weighted by Gasteiger charge is 2.30. The quantitative estimate of drug-likeness (QED) is 0.852. The van der Waals surface area contributed by atoms with Crippen LogP contribution in [0.15, 0.2) is 41.3 Å². The highest BCUT2D eigenvalue weighted by molar-refractivity contribution is 7.89. The van der Waals surface area contributed by atoms with Gasteiger partial charge < -0.3 is 0 Å². The predicted molar refractivity (Wildman–Crippen MR) is 88.4 cm³/mol. The molecule has 1 heterocycles. The van der Waals surface area contributed by atoms with Crippen molar-refractivity contribution in [1.82, 2.24) is 4.31 Å². The average Bonchev–Trinajstić information content (AvgIpc) is 2.45. The third-order valence-corrected chi connectivity index (χ3v) is 6.45. The van der Waals surface area contributed by atoms with Gasteiger partial charge in [0.25, 0.3) is 0 Å². The van der Waals surface area contributed by atoms with E-state index in [0.29, 0.717) is 18.0 Å². The van der Waals surface area contributed by atoms with Crippen LogP contribution >= 0.6 is 0 Å². The molecule has 0 unspecified atom stereocenters. The topological polar surface area (TPSA) is 37.4 Å². The second-order valence-corrected chi connectivity index (χ2v) is 7.96. The van der Waals surface area contributed by atoms with Crippen LogP contribution in [0, 0.1) is 20.8 Å². The van der Waals surface area contributed by atoms with Crippen molar-refractivity contribution in [1.29, 1.82) is 0 Å². The summed E-state index contributed by atoms with van der Waals surface area (Å²) in [4.78, 5) is 0.470. The summed E-state index contributed by atoms with van der Waals surface area (Å²) in [5.74, 6) is 0. The molecular weight excluding hydrogens is 294 g/mol. The number of fused-ring (bicyclic) bond motifs is 1. The molecule has 2 aromatic carbocycles. The van der Waals surface area contributed by atoms with Crippen molar-refractivity contribution >= 4 is 10.0 Å². The van der Waals surface area contributed by atoms with Gasteiger partial charge >= 0.3 is 0 Å². The Bertz CT molecular complexity index is 802. The van der Waals surface area contributed by atoms with Crippen molar-refractivity contribution in [3.63, 3.8) is 0 Å². The molecular formula is C18H21NO2S. The van der Waals surface area contributed by atoms with Gasteiger partial charge in [-0.25, -0.2) is 8.42 Å². The molecule has 3 rings (SSSR count). The SMILES string of the molecule is Cc1cc(C)c(S(=O)(=O)N2CCc3ccccc3C2)c(C)c1. The fraction of sp³-hybridized carbons (Fsp3) is 0.333. The van der Waals surface area contributed by atoms with Crippen LogP contribution in [0.25, 0.3) is 0 Å². The van der Waals surface area contributed by atoms with Gasteiger partial charge in [-0.1, -0.05) is 42.0 Å². The lowest BCUT2D eigenvalue weighted by Crippen LogP contribution is -2.36. The van der Waals surface area contributed by atoms with E-state index < -0.39 is 10.0 Å². The van der Waals surface area contributed by atoms with E-state index in [0.717, 1.165) is 28.7 Å². The molecule has 0 fully saturated rings. The molecule has 0 bridgehead atoms. The van der Waals surface area contributed by atoms with Crippen LogP contribution < -0.4 is 0 Å². The first-order valence-corrected chi connectivity index (χ1v) is 8.98. The van der Waals surface area contributed by atoms with Crippen LogP contribution in [0.1, 0.15) is 27.8 Å². The van der Waals surface area contributed by atoms with Crippen LogP contribution in [0.2, 0.25) is 0 Å². The van der Waals surface area contributed by atoms with Gasteiger partial charge in [0.15, 0.2) is 0 Å². The number of benzene rings is 2. The fourth-order valence-corrected chi connectivity index (χ4v) is 5.21. The number of aryl methyl sites for hydroxylation is 3. The van der Waals surface area contributed by atoms with Gasteiger partial charge in [-0.3, -0.25) is 0 Å². The Labute approximate surface area is 132 Å². The van der Waals surface area contributed by atoms with Crippen molar-refractivity contribution in [3.05, 3.63) is 64.2 Å². The summed E-state index contributed by atoms with van der Waals surface area (Å²) in [6, 6.07) is 12.0. The van der Waals surface area contributed by atoms with E-state index in [-0.39, 0.29) is 0 Å². The molecule has 0 aromatic heterocycles. The largest absolute Gasteiger partial charge is 0.243 e. The minimum atomic E-state index is -3.45. The van der Waals surface area contributed by atoms with E-state index in [1.54, 1.807) is 4.31 Å². The Morgan fingerprint density at radius 3 is 2.18 bits per heavy atom. The third kappa shape index (κ3) is 2.57. The third-order valence-electron chi connectivity index (χ3n) is 4.30. The Balaban J connectivity index is 2.02. The van der Waals surface area contributed by atoms with Crippen LogP contribution in [0.3, 0.4) is 0 Å². The summed E-state index contributed by atoms with van der Waals surface area (Å²) in [6.07, 6.45) is 0.777. The van der Waals surface area contributed by atoms with Crippen molar-refractivity contribution < 1.29 is 8.42 Å². The monoisotopic (exact) mass is 315 g/mol. The minimum absolute atomic E-state index is 0.464. The number of rotatable bonds is 2. The number of sulfonamides is 1. The lowest BCUT2D eigenvalue weighted by atomic mass is 10.0. The highest BCUT2D eigenvalue weighted by Crippen LogP contribution is 2.29. The molecule has 0 aliphatic carbocycles. The first-order valence-electron chi connectivity index (χ1n) is 7.54. The van der Waals surface area contributed by atoms with Crippen LogP contribution in [0.4, 0.5) is 0 Å². The van der Waals surface area contributed by atoms with Gasteiger partial charge in [-0.15, -0.1) is 0 Å². The van der Waals surface area contributed by atoms with E-state index >= 15 is 0 Å². The number of nitrogens with zero attached hydrogens (tertiary/aromatic N) is 1. The Morgan fingerprint density at radius 1 is 0.955 bits per heavy atom. The van der Waals surface area contributed by atoms with Crippen molar-refractivity contribution in [2.24, 2.45) is 0 Å². The molecule has 0 N–H and O–H groups in total. The molecule has 4 heteroatoms. The van der Waals surface area contributed by atoms with E-state index in [2.05, 4.69) is 6.07 Å². The number of hydrogen-bond acceptors (Lipinski definition) is 2. The summed E-state index contributed by atoms with van der Waals surface area (Å²) < 4.78 is 27.8. The van der Waals surface area contributed by atoms with Gasteiger partial charge in [0.2, 0.25) is 10.0 Å². The molecule has 0 radical (unpaired) electrons. The second kappa shape index (κ2) is 5.52. The molecule has 0 saturated carbocycles. The Hall–Kier alpha value is -1.65. The van der Waals surface area contributed by atoms with Gasteiger partial charge in [-0.2, -0.15) is 4.31 Å². The van der Waals surface area contributed by atoms with Gasteiger partial charge in [0.1, 0.15) is 0 Å². The van der Waals surface area contributed by atoms with Gasteiger partial charge in [0.05, 0.1) is 4.90 Å². The molecule has 0 atom stereocenters. The van der Waals surface area contributed by atoms with Crippen LogP contribution in [-0.2, 0) is 23.0 Å². The fourth-order valence-electron chi connectivity index (χ4n) is 3.38. The molecule has 3 nitrogen and oxygen atoms in total. The lowest BCUT2D eigenvalue weighted by molar-refractivity contribution is 0.391. The Morgan fingerprint density at radius 2 is 1.55 bits per heavy atom.